The monoisotopic (exact) mass is 694 g/mol. The Morgan fingerprint density at radius 2 is 1.79 bits per heavy atom. The van der Waals surface area contributed by atoms with Gasteiger partial charge in [0, 0.05) is 16.1 Å². The van der Waals surface area contributed by atoms with Crippen LogP contribution in [0.5, 0.6) is 5.75 Å². The first-order valence-corrected chi connectivity index (χ1v) is 18.7. The molecule has 0 saturated heterocycles. The van der Waals surface area contributed by atoms with Crippen molar-refractivity contribution in [2.45, 2.75) is 64.3 Å². The molecule has 10 heteroatoms. The van der Waals surface area contributed by atoms with E-state index in [9.17, 15) is 9.59 Å². The topological polar surface area (TPSA) is 86.1 Å². The number of benzene rings is 3. The minimum atomic E-state index is -0.522. The molecule has 1 aliphatic carbocycles. The standard InChI is InChI=1S/C38H38N4O3S3/c1-21-7-18-29-31(19-21)48-34(40-29)23-8-11-25(12-9-23)39-33(43)22(2)46-37-41-35-32(28-17-10-24(38(3,4)5)20-30(28)47-35)36(44)42(37)26-13-15-27(45-6)16-14-26/h7-9,11-16,18-19,22,24H,10,17,20H2,1-6H3,(H,39,43). The summed E-state index contributed by atoms with van der Waals surface area (Å²) in [6.45, 7) is 10.8. The summed E-state index contributed by atoms with van der Waals surface area (Å²) in [6.07, 6.45) is 2.89. The normalized spacial score (nSPS) is 15.4. The second-order valence-corrected chi connectivity index (χ2v) is 17.0. The lowest BCUT2D eigenvalue weighted by molar-refractivity contribution is -0.115. The highest BCUT2D eigenvalue weighted by Gasteiger charge is 2.32. The van der Waals surface area contributed by atoms with Crippen LogP contribution in [0.1, 0.15) is 50.1 Å². The molecule has 6 aromatic rings. The number of methoxy groups -OCH3 is 1. The summed E-state index contributed by atoms with van der Waals surface area (Å²) in [5.74, 6) is 1.09. The Morgan fingerprint density at radius 3 is 2.50 bits per heavy atom. The number of nitrogens with zero attached hydrogens (tertiary/aromatic N) is 3. The number of aryl methyl sites for hydroxylation is 2. The molecule has 7 nitrogen and oxygen atoms in total. The molecular weight excluding hydrogens is 657 g/mol. The van der Waals surface area contributed by atoms with Crippen molar-refractivity contribution in [2.75, 3.05) is 12.4 Å². The summed E-state index contributed by atoms with van der Waals surface area (Å²) in [4.78, 5) is 39.7. The molecule has 246 valence electrons. The molecule has 0 spiro atoms. The summed E-state index contributed by atoms with van der Waals surface area (Å²) in [6, 6.07) is 21.5. The van der Waals surface area contributed by atoms with Gasteiger partial charge in [0.2, 0.25) is 5.91 Å². The van der Waals surface area contributed by atoms with Crippen molar-refractivity contribution in [3.05, 3.63) is 93.1 Å². The molecular formula is C38H38N4O3S3. The van der Waals surface area contributed by atoms with Crippen molar-refractivity contribution in [3.8, 4) is 22.0 Å². The smallest absolute Gasteiger partial charge is 0.267 e. The third-order valence-electron chi connectivity index (χ3n) is 9.20. The highest BCUT2D eigenvalue weighted by molar-refractivity contribution is 8.00. The van der Waals surface area contributed by atoms with E-state index in [1.165, 1.54) is 22.2 Å². The van der Waals surface area contributed by atoms with E-state index in [-0.39, 0.29) is 16.9 Å². The van der Waals surface area contributed by atoms with Gasteiger partial charge >= 0.3 is 0 Å². The van der Waals surface area contributed by atoms with Crippen LogP contribution in [0.3, 0.4) is 0 Å². The Hall–Kier alpha value is -3.99. The quantitative estimate of drug-likeness (QED) is 0.132. The van der Waals surface area contributed by atoms with Crippen LogP contribution in [0.4, 0.5) is 5.69 Å². The third kappa shape index (κ3) is 6.29. The number of nitrogens with one attached hydrogen (secondary N) is 1. The lowest BCUT2D eigenvalue weighted by Crippen LogP contribution is -2.28. The summed E-state index contributed by atoms with van der Waals surface area (Å²) in [5, 5.41) is 4.68. The van der Waals surface area contributed by atoms with Crippen molar-refractivity contribution < 1.29 is 9.53 Å². The van der Waals surface area contributed by atoms with E-state index in [2.05, 4.69) is 45.1 Å². The molecule has 2 unspecified atom stereocenters. The number of anilines is 1. The van der Waals surface area contributed by atoms with Crippen molar-refractivity contribution in [3.63, 3.8) is 0 Å². The van der Waals surface area contributed by atoms with E-state index in [1.54, 1.807) is 34.4 Å². The van der Waals surface area contributed by atoms with E-state index in [1.807, 2.05) is 61.5 Å². The average molecular weight is 695 g/mol. The number of rotatable bonds is 7. The van der Waals surface area contributed by atoms with Crippen molar-refractivity contribution in [1.82, 2.24) is 14.5 Å². The number of fused-ring (bicyclic) bond motifs is 4. The van der Waals surface area contributed by atoms with E-state index >= 15 is 0 Å². The maximum atomic E-state index is 14.4. The van der Waals surface area contributed by atoms with Crippen LogP contribution < -0.4 is 15.6 Å². The molecule has 2 atom stereocenters. The van der Waals surface area contributed by atoms with Crippen LogP contribution in [-0.4, -0.2) is 32.8 Å². The van der Waals surface area contributed by atoms with Crippen LogP contribution in [0.25, 0.3) is 36.7 Å². The molecule has 0 bridgehead atoms. The molecule has 0 radical (unpaired) electrons. The molecule has 0 aliphatic heterocycles. The highest BCUT2D eigenvalue weighted by atomic mass is 32.2. The number of thiophene rings is 1. The molecule has 3 aromatic carbocycles. The summed E-state index contributed by atoms with van der Waals surface area (Å²) >= 11 is 4.59. The number of thiazole rings is 1. The van der Waals surface area contributed by atoms with Gasteiger partial charge in [0.1, 0.15) is 15.6 Å². The van der Waals surface area contributed by atoms with Crippen LogP contribution in [0, 0.1) is 18.3 Å². The molecule has 0 fully saturated rings. The maximum Gasteiger partial charge on any atom is 0.267 e. The SMILES string of the molecule is COc1ccc(-n2c(SC(C)C(=O)Nc3ccc(-c4nc5ccc(C)cc5s4)cc3)nc3sc4c(c3c2=O)CCC(C(C)(C)C)C4)cc1. The molecule has 0 saturated carbocycles. The highest BCUT2D eigenvalue weighted by Crippen LogP contribution is 2.43. The average Bonchev–Trinajstić information content (AvgIpc) is 3.65. The first kappa shape index (κ1) is 32.6. The summed E-state index contributed by atoms with van der Waals surface area (Å²) in [7, 11) is 1.62. The first-order chi connectivity index (χ1) is 23.0. The zero-order valence-corrected chi connectivity index (χ0v) is 30.4. The predicted octanol–water partition coefficient (Wildman–Crippen LogP) is 9.31. The van der Waals surface area contributed by atoms with Gasteiger partial charge in [-0.2, -0.15) is 0 Å². The van der Waals surface area contributed by atoms with Crippen LogP contribution in [0.15, 0.2) is 76.7 Å². The number of aromatic nitrogens is 3. The number of ether oxygens (including phenoxy) is 1. The van der Waals surface area contributed by atoms with Gasteiger partial charge in [-0.1, -0.05) is 38.6 Å². The lowest BCUT2D eigenvalue weighted by atomic mass is 9.72. The Balaban J connectivity index is 1.17. The van der Waals surface area contributed by atoms with Crippen LogP contribution >= 0.6 is 34.4 Å². The van der Waals surface area contributed by atoms with Gasteiger partial charge in [0.25, 0.3) is 5.56 Å². The molecule has 7 rings (SSSR count). The zero-order chi connectivity index (χ0) is 33.7. The number of thioether (sulfide) groups is 1. The number of carbonyl (C=O) groups excluding carboxylic acids is 1. The van der Waals surface area contributed by atoms with Gasteiger partial charge in [0.05, 0.1) is 33.6 Å². The number of amides is 1. The van der Waals surface area contributed by atoms with E-state index in [0.717, 1.165) is 50.4 Å². The second-order valence-electron chi connectivity index (χ2n) is 13.5. The van der Waals surface area contributed by atoms with Crippen LogP contribution in [0.2, 0.25) is 0 Å². The predicted molar refractivity (Wildman–Crippen MR) is 200 cm³/mol. The number of hydrogen-bond acceptors (Lipinski definition) is 8. The molecule has 3 heterocycles. The second kappa shape index (κ2) is 12.8. The Kier molecular flexibility index (Phi) is 8.68. The molecule has 3 aromatic heterocycles. The fraction of sp³-hybridized carbons (Fsp3) is 0.316. The van der Waals surface area contributed by atoms with Crippen molar-refractivity contribution in [1.29, 1.82) is 0 Å². The summed E-state index contributed by atoms with van der Waals surface area (Å²) < 4.78 is 8.19. The van der Waals surface area contributed by atoms with E-state index in [0.29, 0.717) is 33.6 Å². The van der Waals surface area contributed by atoms with E-state index in [4.69, 9.17) is 14.7 Å². The molecule has 1 aliphatic rings. The van der Waals surface area contributed by atoms with Crippen molar-refractivity contribution in [2.24, 2.45) is 11.3 Å². The van der Waals surface area contributed by atoms with Crippen molar-refractivity contribution >= 4 is 66.5 Å². The maximum absolute atomic E-state index is 14.4. The third-order valence-corrected chi connectivity index (χ3v) is 12.5. The van der Waals surface area contributed by atoms with Crippen LogP contribution in [-0.2, 0) is 17.6 Å². The minimum absolute atomic E-state index is 0.0902. The lowest BCUT2D eigenvalue weighted by Gasteiger charge is -2.33. The Morgan fingerprint density at radius 1 is 1.04 bits per heavy atom. The minimum Gasteiger partial charge on any atom is -0.497 e. The molecule has 1 amide bonds. The fourth-order valence-electron chi connectivity index (χ4n) is 6.29. The number of carbonyl (C=O) groups is 1. The van der Waals surface area contributed by atoms with Gasteiger partial charge < -0.3 is 10.1 Å². The van der Waals surface area contributed by atoms with Gasteiger partial charge in [-0.05, 0) is 116 Å². The zero-order valence-electron chi connectivity index (χ0n) is 27.9. The van der Waals surface area contributed by atoms with E-state index < -0.39 is 5.25 Å². The van der Waals surface area contributed by atoms with Gasteiger partial charge in [-0.15, -0.1) is 22.7 Å². The fourth-order valence-corrected chi connectivity index (χ4v) is 9.63. The Labute approximate surface area is 292 Å². The van der Waals surface area contributed by atoms with Gasteiger partial charge in [-0.3, -0.25) is 14.2 Å². The molecule has 1 N–H and O–H groups in total. The summed E-state index contributed by atoms with van der Waals surface area (Å²) in [5.41, 5.74) is 5.84. The number of hydrogen-bond donors (Lipinski definition) is 1. The van der Waals surface area contributed by atoms with Gasteiger partial charge in [0.15, 0.2) is 5.16 Å². The first-order valence-electron chi connectivity index (χ1n) is 16.2. The molecule has 48 heavy (non-hydrogen) atoms. The largest absolute Gasteiger partial charge is 0.497 e. The Bertz CT molecular complexity index is 2210. The van der Waals surface area contributed by atoms with Gasteiger partial charge in [-0.25, -0.2) is 9.97 Å².